The first kappa shape index (κ1) is 17.2. The fraction of sp³-hybridized carbons (Fsp3) is 0.208. The van der Waals surface area contributed by atoms with Gasteiger partial charge in [-0.3, -0.25) is 0 Å². The average Bonchev–Trinajstić information content (AvgIpc) is 2.59. The Morgan fingerprint density at radius 2 is 1.50 bits per heavy atom. The van der Waals surface area contributed by atoms with Gasteiger partial charge in [0.1, 0.15) is 0 Å². The Bertz CT molecular complexity index is 1120. The molecule has 0 saturated carbocycles. The number of rotatable bonds is 2. The van der Waals surface area contributed by atoms with Crippen LogP contribution >= 0.6 is 0 Å². The van der Waals surface area contributed by atoms with E-state index in [4.69, 9.17) is 0 Å². The van der Waals surface area contributed by atoms with Gasteiger partial charge in [-0.25, -0.2) is 0 Å². The van der Waals surface area contributed by atoms with Crippen molar-refractivity contribution in [3.63, 3.8) is 0 Å². The minimum absolute atomic E-state index is 0.870. The van der Waals surface area contributed by atoms with Crippen molar-refractivity contribution in [2.24, 2.45) is 0 Å². The van der Waals surface area contributed by atoms with Crippen molar-refractivity contribution >= 4 is 42.3 Å². The molecule has 0 N–H and O–H groups in total. The zero-order valence-electron chi connectivity index (χ0n) is 16.3. The van der Waals surface area contributed by atoms with Crippen LogP contribution in [0.2, 0.25) is 13.1 Å². The summed E-state index contributed by atoms with van der Waals surface area (Å²) in [5.41, 5.74) is 6.76. The first-order valence-electron chi connectivity index (χ1n) is 9.41. The summed E-state index contributed by atoms with van der Waals surface area (Å²) in [5.74, 6) is 3.60. The van der Waals surface area contributed by atoms with E-state index in [1.807, 2.05) is 0 Å². The van der Waals surface area contributed by atoms with Gasteiger partial charge in [-0.15, -0.1) is 0 Å². The minimum atomic E-state index is -0.870. The fourth-order valence-electron chi connectivity index (χ4n) is 4.20. The molecule has 0 atom stereocenters. The quantitative estimate of drug-likeness (QED) is 0.334. The van der Waals surface area contributed by atoms with E-state index in [-0.39, 0.29) is 0 Å². The summed E-state index contributed by atoms with van der Waals surface area (Å²) in [6, 6.07) is 18.1. The van der Waals surface area contributed by atoms with Crippen LogP contribution < -0.4 is 5.19 Å². The first-order valence-corrected chi connectivity index (χ1v) is 12.3. The van der Waals surface area contributed by atoms with E-state index in [1.54, 1.807) is 0 Å². The van der Waals surface area contributed by atoms with Gasteiger partial charge < -0.3 is 0 Å². The van der Waals surface area contributed by atoms with E-state index in [0.29, 0.717) is 0 Å². The van der Waals surface area contributed by atoms with E-state index in [1.165, 1.54) is 54.4 Å². The van der Waals surface area contributed by atoms with Crippen LogP contribution in [0.3, 0.4) is 0 Å². The molecule has 0 bridgehead atoms. The number of benzene rings is 3. The van der Waals surface area contributed by atoms with E-state index >= 15 is 0 Å². The Kier molecular flexibility index (Phi) is 4.32. The topological polar surface area (TPSA) is 0 Å². The standard InChI is InChI=1S/C24H24BSi/c1-15-10-16(2)22(17(3)11-15)23-21-9-7-6-8-18(21)12-19-13-20(26(4)5)14-25-24(19)23/h6-13,26H,1-5H3. The Balaban J connectivity index is 2.18. The molecule has 26 heavy (non-hydrogen) atoms. The molecule has 127 valence electrons. The van der Waals surface area contributed by atoms with Gasteiger partial charge in [-0.1, -0.05) is 0 Å². The Morgan fingerprint density at radius 1 is 0.808 bits per heavy atom. The van der Waals surface area contributed by atoms with Gasteiger partial charge in [0.15, 0.2) is 0 Å². The summed E-state index contributed by atoms with van der Waals surface area (Å²) in [7, 11) is -0.870. The molecule has 0 aliphatic rings. The van der Waals surface area contributed by atoms with Crippen molar-refractivity contribution in [3.05, 3.63) is 71.2 Å². The van der Waals surface area contributed by atoms with Crippen LogP contribution in [0.15, 0.2) is 48.5 Å². The number of aryl methyl sites for hydroxylation is 3. The van der Waals surface area contributed by atoms with Crippen LogP contribution in [0.25, 0.3) is 32.6 Å². The van der Waals surface area contributed by atoms with Crippen LogP contribution in [0.5, 0.6) is 0 Å². The molecule has 2 heteroatoms. The third kappa shape index (κ3) is 2.83. The molecular formula is C24H24BSi. The Morgan fingerprint density at radius 3 is 2.19 bits per heavy atom. The summed E-state index contributed by atoms with van der Waals surface area (Å²) >= 11 is 0. The molecule has 0 aliphatic heterocycles. The van der Waals surface area contributed by atoms with Crippen LogP contribution in [0, 0.1) is 26.7 Å². The number of hydrogen-bond donors (Lipinski definition) is 0. The van der Waals surface area contributed by atoms with Gasteiger partial charge in [-0.05, 0) is 0 Å². The predicted molar refractivity (Wildman–Crippen MR) is 120 cm³/mol. The predicted octanol–water partition coefficient (Wildman–Crippen LogP) is 5.42. The summed E-state index contributed by atoms with van der Waals surface area (Å²) in [5, 5.41) is 6.72. The van der Waals surface area contributed by atoms with Crippen molar-refractivity contribution in [2.45, 2.75) is 33.9 Å². The Labute approximate surface area is 158 Å². The van der Waals surface area contributed by atoms with E-state index in [9.17, 15) is 0 Å². The van der Waals surface area contributed by atoms with Crippen molar-refractivity contribution in [1.29, 1.82) is 0 Å². The molecule has 4 aromatic rings. The summed E-state index contributed by atoms with van der Waals surface area (Å²) < 4.78 is 0. The third-order valence-electron chi connectivity index (χ3n) is 5.36. The van der Waals surface area contributed by atoms with E-state index in [0.717, 1.165) is 0 Å². The van der Waals surface area contributed by atoms with Gasteiger partial charge in [0.05, 0.1) is 0 Å². The van der Waals surface area contributed by atoms with Crippen molar-refractivity contribution in [3.8, 4) is 11.1 Å². The van der Waals surface area contributed by atoms with Gasteiger partial charge in [-0.2, -0.15) is 0 Å². The molecule has 1 radical (unpaired) electrons. The van der Waals surface area contributed by atoms with Crippen molar-refractivity contribution in [1.82, 2.24) is 0 Å². The Hall–Kier alpha value is -2.19. The van der Waals surface area contributed by atoms with Crippen molar-refractivity contribution < 1.29 is 0 Å². The monoisotopic (exact) mass is 351 g/mol. The van der Waals surface area contributed by atoms with Crippen LogP contribution in [-0.2, 0) is 0 Å². The van der Waals surface area contributed by atoms with E-state index < -0.39 is 8.80 Å². The molecular weight excluding hydrogens is 327 g/mol. The molecule has 4 rings (SSSR count). The summed E-state index contributed by atoms with van der Waals surface area (Å²) in [6.45, 7) is 13.6. The van der Waals surface area contributed by atoms with Gasteiger partial charge in [0, 0.05) is 0 Å². The third-order valence-corrected chi connectivity index (χ3v) is 6.94. The molecule has 1 aromatic heterocycles. The van der Waals surface area contributed by atoms with Crippen LogP contribution in [0.4, 0.5) is 0 Å². The van der Waals surface area contributed by atoms with Gasteiger partial charge >= 0.3 is 159 Å². The van der Waals surface area contributed by atoms with E-state index in [2.05, 4.69) is 95.3 Å². The second-order valence-corrected chi connectivity index (χ2v) is 10.7. The van der Waals surface area contributed by atoms with Gasteiger partial charge in [0.25, 0.3) is 0 Å². The second-order valence-electron chi connectivity index (χ2n) is 7.79. The first-order chi connectivity index (χ1) is 12.5. The van der Waals surface area contributed by atoms with Crippen molar-refractivity contribution in [2.75, 3.05) is 0 Å². The molecule has 1 heterocycles. The maximum atomic E-state index is 3.60. The molecule has 0 spiro atoms. The summed E-state index contributed by atoms with van der Waals surface area (Å²) in [6.07, 6.45) is 0. The van der Waals surface area contributed by atoms with Crippen LogP contribution in [-0.4, -0.2) is 15.7 Å². The molecule has 3 aromatic carbocycles. The maximum absolute atomic E-state index is 3.60. The molecule has 0 aliphatic carbocycles. The van der Waals surface area contributed by atoms with Crippen LogP contribution in [0.1, 0.15) is 16.7 Å². The summed E-state index contributed by atoms with van der Waals surface area (Å²) in [4.78, 5) is 0. The fourth-order valence-corrected chi connectivity index (χ4v) is 5.13. The average molecular weight is 351 g/mol. The number of hydrogen-bond acceptors (Lipinski definition) is 0. The molecule has 0 amide bonds. The molecule has 0 unspecified atom stereocenters. The van der Waals surface area contributed by atoms with Gasteiger partial charge in [0.2, 0.25) is 0 Å². The zero-order chi connectivity index (χ0) is 18.4. The molecule has 0 saturated heterocycles. The zero-order valence-corrected chi connectivity index (χ0v) is 17.4. The molecule has 0 nitrogen and oxygen atoms in total. The number of fused-ring (bicyclic) bond motifs is 2. The second kappa shape index (κ2) is 6.52. The normalized spacial score (nSPS) is 11.5. The SMILES string of the molecule is Cc1cc(C)c(-c2c3b[c]c([SiH](C)C)cc3cc3ccccc23)c(C)c1. The molecule has 0 fully saturated rings.